The molecule has 0 amide bonds. The zero-order valence-electron chi connectivity index (χ0n) is 12.3. The maximum atomic E-state index is 6.08. The van der Waals surface area contributed by atoms with E-state index in [0.717, 1.165) is 16.8 Å². The fraction of sp³-hybridized carbons (Fsp3) is 0.133. The average molecular weight is 316 g/mol. The number of hydrogen-bond donors (Lipinski definition) is 2. The van der Waals surface area contributed by atoms with Gasteiger partial charge in [-0.2, -0.15) is 5.10 Å². The van der Waals surface area contributed by atoms with Crippen LogP contribution in [0.1, 0.15) is 5.69 Å². The first kappa shape index (κ1) is 14.3. The van der Waals surface area contributed by atoms with Crippen molar-refractivity contribution in [3.63, 3.8) is 0 Å². The molecule has 3 aromatic rings. The van der Waals surface area contributed by atoms with Crippen LogP contribution in [0.25, 0.3) is 22.5 Å². The van der Waals surface area contributed by atoms with Crippen LogP contribution in [-0.2, 0) is 7.05 Å². The molecule has 0 aliphatic heterocycles. The van der Waals surface area contributed by atoms with Crippen molar-refractivity contribution in [1.82, 2.24) is 14.8 Å². The number of aryl methyl sites for hydroxylation is 1. The largest absolute Gasteiger partial charge is 0.322 e. The maximum absolute atomic E-state index is 6.08. The zero-order chi connectivity index (χ0) is 15.9. The smallest absolute Gasteiger partial charge is 0.283 e. The normalized spacial score (nSPS) is 10.9. The number of aromatic nitrogens is 4. The number of hydrogen-bond acceptors (Lipinski definition) is 4. The monoisotopic (exact) mass is 315 g/mol. The molecule has 0 fully saturated rings. The molecule has 2 aromatic heterocycles. The van der Waals surface area contributed by atoms with Gasteiger partial charge in [0.25, 0.3) is 0 Å². The van der Waals surface area contributed by atoms with Gasteiger partial charge in [-0.05, 0) is 19.1 Å². The van der Waals surface area contributed by atoms with Gasteiger partial charge >= 0.3 is 5.82 Å². The third-order valence-corrected chi connectivity index (χ3v) is 3.90. The van der Waals surface area contributed by atoms with E-state index in [1.54, 1.807) is 17.1 Å². The lowest BCUT2D eigenvalue weighted by Crippen LogP contribution is -2.47. The average Bonchev–Trinajstić information content (AvgIpc) is 2.83. The van der Waals surface area contributed by atoms with E-state index >= 15 is 0 Å². The van der Waals surface area contributed by atoms with Crippen LogP contribution in [-0.4, -0.2) is 14.8 Å². The molecule has 2 heterocycles. The molecule has 112 valence electrons. The summed E-state index contributed by atoms with van der Waals surface area (Å²) in [5.41, 5.74) is 10.1. The number of halogens is 1. The molecule has 0 saturated heterocycles. The van der Waals surface area contributed by atoms with E-state index in [1.165, 1.54) is 4.68 Å². The first-order valence-electron chi connectivity index (χ1n) is 6.69. The molecule has 1 aromatic carbocycles. The summed E-state index contributed by atoms with van der Waals surface area (Å²) in [5, 5.41) is 4.90. The first-order valence-corrected chi connectivity index (χ1v) is 7.07. The van der Waals surface area contributed by atoms with Crippen LogP contribution in [0.2, 0.25) is 5.02 Å². The predicted molar refractivity (Wildman–Crippen MR) is 86.4 cm³/mol. The van der Waals surface area contributed by atoms with E-state index in [-0.39, 0.29) is 0 Å². The summed E-state index contributed by atoms with van der Waals surface area (Å²) >= 11 is 5.92. The Hall–Kier alpha value is -2.60. The van der Waals surface area contributed by atoms with E-state index in [9.17, 15) is 0 Å². The summed E-state index contributed by atoms with van der Waals surface area (Å²) < 4.78 is 3.14. The third kappa shape index (κ3) is 2.37. The van der Waals surface area contributed by atoms with Crippen molar-refractivity contribution in [3.05, 3.63) is 47.4 Å². The van der Waals surface area contributed by atoms with Gasteiger partial charge in [-0.15, -0.1) is 4.68 Å². The second-order valence-electron chi connectivity index (χ2n) is 5.04. The fourth-order valence-electron chi connectivity index (χ4n) is 2.22. The van der Waals surface area contributed by atoms with E-state index in [4.69, 9.17) is 23.2 Å². The highest BCUT2D eigenvalue weighted by Crippen LogP contribution is 2.27. The second-order valence-corrected chi connectivity index (χ2v) is 5.48. The number of nitrogens with two attached hydrogens (primary N) is 2. The van der Waals surface area contributed by atoms with Crippen LogP contribution in [0.15, 0.2) is 36.7 Å². The van der Waals surface area contributed by atoms with Crippen molar-refractivity contribution < 1.29 is 4.68 Å². The first-order chi connectivity index (χ1) is 10.5. The van der Waals surface area contributed by atoms with Crippen molar-refractivity contribution in [2.75, 3.05) is 11.6 Å². The molecule has 0 unspecified atom stereocenters. The highest BCUT2D eigenvalue weighted by Gasteiger charge is 2.20. The lowest BCUT2D eigenvalue weighted by Gasteiger charge is -2.07. The SMILES string of the molecule is Cc1c(-c2nc(-c3ccc(Cl)cc3)c[n+](N)c2N)cnn1C. The molecule has 0 aliphatic rings. The van der Waals surface area contributed by atoms with Crippen LogP contribution in [0, 0.1) is 6.92 Å². The van der Waals surface area contributed by atoms with Gasteiger partial charge < -0.3 is 0 Å². The summed E-state index contributed by atoms with van der Waals surface area (Å²) in [7, 11) is 1.87. The van der Waals surface area contributed by atoms with E-state index in [2.05, 4.69) is 10.1 Å². The summed E-state index contributed by atoms with van der Waals surface area (Å²) in [6, 6.07) is 7.40. The molecule has 0 atom stereocenters. The molecule has 0 radical (unpaired) electrons. The number of rotatable bonds is 2. The second kappa shape index (κ2) is 5.31. The molecule has 0 bridgehead atoms. The van der Waals surface area contributed by atoms with Gasteiger partial charge in [0.15, 0.2) is 5.69 Å². The lowest BCUT2D eigenvalue weighted by molar-refractivity contribution is -0.623. The Balaban J connectivity index is 2.19. The highest BCUT2D eigenvalue weighted by atomic mass is 35.5. The van der Waals surface area contributed by atoms with Crippen LogP contribution in [0.5, 0.6) is 0 Å². The number of benzene rings is 1. The lowest BCUT2D eigenvalue weighted by atomic mass is 10.1. The summed E-state index contributed by atoms with van der Waals surface area (Å²) in [6.07, 6.45) is 3.42. The van der Waals surface area contributed by atoms with Crippen LogP contribution >= 0.6 is 11.6 Å². The molecule has 0 saturated carbocycles. The molecule has 6 nitrogen and oxygen atoms in total. The van der Waals surface area contributed by atoms with Crippen molar-refractivity contribution in [2.45, 2.75) is 6.92 Å². The molecule has 7 heteroatoms. The topological polar surface area (TPSA) is 86.6 Å². The van der Waals surface area contributed by atoms with E-state index in [0.29, 0.717) is 22.2 Å². The number of nitrogen functional groups attached to an aromatic ring is 2. The Kier molecular flexibility index (Phi) is 3.46. The summed E-state index contributed by atoms with van der Waals surface area (Å²) in [5.74, 6) is 6.36. The zero-order valence-corrected chi connectivity index (χ0v) is 13.0. The summed E-state index contributed by atoms with van der Waals surface area (Å²) in [4.78, 5) is 4.66. The van der Waals surface area contributed by atoms with Gasteiger partial charge in [-0.25, -0.2) is 4.98 Å². The third-order valence-electron chi connectivity index (χ3n) is 3.64. The molecular formula is C15H16ClN6+. The molecule has 0 aliphatic carbocycles. The van der Waals surface area contributed by atoms with Gasteiger partial charge in [0, 0.05) is 28.9 Å². The van der Waals surface area contributed by atoms with Crippen molar-refractivity contribution in [3.8, 4) is 22.5 Å². The quantitative estimate of drug-likeness (QED) is 0.556. The van der Waals surface area contributed by atoms with Gasteiger partial charge in [-0.3, -0.25) is 16.3 Å². The molecule has 3 rings (SSSR count). The molecular weight excluding hydrogens is 300 g/mol. The molecule has 22 heavy (non-hydrogen) atoms. The van der Waals surface area contributed by atoms with Gasteiger partial charge in [-0.1, -0.05) is 23.7 Å². The van der Waals surface area contributed by atoms with E-state index < -0.39 is 0 Å². The van der Waals surface area contributed by atoms with Gasteiger partial charge in [0.1, 0.15) is 11.9 Å². The predicted octanol–water partition coefficient (Wildman–Crippen LogP) is 1.69. The molecule has 0 spiro atoms. The van der Waals surface area contributed by atoms with Crippen LogP contribution in [0.4, 0.5) is 5.82 Å². The minimum Gasteiger partial charge on any atom is -0.283 e. The number of nitrogens with zero attached hydrogens (tertiary/aromatic N) is 4. The van der Waals surface area contributed by atoms with Gasteiger partial charge in [0.2, 0.25) is 0 Å². The van der Waals surface area contributed by atoms with Crippen LogP contribution < -0.4 is 16.3 Å². The Bertz CT molecular complexity index is 838. The molecule has 4 N–H and O–H groups in total. The Labute approximate surface area is 132 Å². The Morgan fingerprint density at radius 3 is 2.50 bits per heavy atom. The minimum absolute atomic E-state index is 0.383. The van der Waals surface area contributed by atoms with Crippen LogP contribution in [0.3, 0.4) is 0 Å². The Morgan fingerprint density at radius 2 is 1.91 bits per heavy atom. The van der Waals surface area contributed by atoms with Crippen molar-refractivity contribution in [1.29, 1.82) is 0 Å². The fourth-order valence-corrected chi connectivity index (χ4v) is 2.35. The van der Waals surface area contributed by atoms with E-state index in [1.807, 2.05) is 38.2 Å². The minimum atomic E-state index is 0.383. The maximum Gasteiger partial charge on any atom is 0.322 e. The standard InChI is InChI=1S/C15H15ClN6/c1-9-12(7-19-21(9)2)14-15(17)22(18)8-13(20-14)10-3-5-11(16)6-4-10/h3-8,17H,18H2,1-2H3/p+1. The Morgan fingerprint density at radius 1 is 1.23 bits per heavy atom. The van der Waals surface area contributed by atoms with Crippen molar-refractivity contribution >= 4 is 17.4 Å². The number of anilines is 1. The summed E-state index contributed by atoms with van der Waals surface area (Å²) in [6.45, 7) is 1.96. The van der Waals surface area contributed by atoms with Gasteiger partial charge in [0.05, 0.1) is 6.20 Å². The van der Waals surface area contributed by atoms with Crippen molar-refractivity contribution in [2.24, 2.45) is 7.05 Å². The highest BCUT2D eigenvalue weighted by molar-refractivity contribution is 6.30.